The van der Waals surface area contributed by atoms with Crippen LogP contribution in [0.4, 0.5) is 5.69 Å². The number of rotatable bonds is 2. The van der Waals surface area contributed by atoms with Crippen molar-refractivity contribution in [3.05, 3.63) is 63.9 Å². The molecule has 0 fully saturated rings. The Morgan fingerprint density at radius 3 is 2.82 bits per heavy atom. The topological polar surface area (TPSA) is 28.5 Å². The molecular formula is C17H15Cl2N3. The van der Waals surface area contributed by atoms with Gasteiger partial charge in [-0.25, -0.2) is 0 Å². The van der Waals surface area contributed by atoms with Crippen molar-refractivity contribution in [3.8, 4) is 0 Å². The monoisotopic (exact) mass is 331 g/mol. The first-order chi connectivity index (χ1) is 10.6. The van der Waals surface area contributed by atoms with Crippen LogP contribution in [-0.2, 0) is 0 Å². The van der Waals surface area contributed by atoms with Crippen molar-refractivity contribution in [2.75, 3.05) is 25.0 Å². The van der Waals surface area contributed by atoms with E-state index in [1.165, 1.54) is 0 Å². The molecule has 22 heavy (non-hydrogen) atoms. The third-order valence-corrected chi connectivity index (χ3v) is 4.27. The summed E-state index contributed by atoms with van der Waals surface area (Å²) in [5.74, 6) is 0. The van der Waals surface area contributed by atoms with Crippen molar-refractivity contribution in [2.24, 2.45) is 4.99 Å². The zero-order valence-corrected chi connectivity index (χ0v) is 13.6. The number of likely N-dealkylation sites (N-methyl/N-ethyl adjacent to an activating group) is 1. The molecule has 0 bridgehead atoms. The summed E-state index contributed by atoms with van der Waals surface area (Å²) in [7, 11) is 2.06. The zero-order valence-electron chi connectivity index (χ0n) is 12.1. The van der Waals surface area contributed by atoms with E-state index < -0.39 is 0 Å². The Balaban J connectivity index is 1.94. The van der Waals surface area contributed by atoms with Gasteiger partial charge in [0.25, 0.3) is 0 Å². The van der Waals surface area contributed by atoms with Crippen LogP contribution in [0.25, 0.3) is 6.08 Å². The van der Waals surface area contributed by atoms with Crippen molar-refractivity contribution >= 4 is 40.7 Å². The summed E-state index contributed by atoms with van der Waals surface area (Å²) in [6.07, 6.45) is 5.75. The van der Waals surface area contributed by atoms with E-state index in [0.29, 0.717) is 10.0 Å². The quantitative estimate of drug-likeness (QED) is 0.818. The van der Waals surface area contributed by atoms with E-state index in [9.17, 15) is 0 Å². The minimum Gasteiger partial charge on any atom is -0.371 e. The molecule has 2 aromatic rings. The molecule has 0 amide bonds. The Hall–Kier alpha value is -1.84. The van der Waals surface area contributed by atoms with E-state index in [-0.39, 0.29) is 0 Å². The van der Waals surface area contributed by atoms with Crippen LogP contribution in [0, 0.1) is 0 Å². The summed E-state index contributed by atoms with van der Waals surface area (Å²) in [6.45, 7) is 1.62. The molecule has 0 spiro atoms. The molecular weight excluding hydrogens is 317 g/mol. The Morgan fingerprint density at radius 2 is 2.00 bits per heavy atom. The Morgan fingerprint density at radius 1 is 1.14 bits per heavy atom. The number of hydrogen-bond donors (Lipinski definition) is 0. The lowest BCUT2D eigenvalue weighted by Crippen LogP contribution is -2.20. The van der Waals surface area contributed by atoms with Gasteiger partial charge in [0.2, 0.25) is 0 Å². The van der Waals surface area contributed by atoms with E-state index in [1.807, 2.05) is 30.4 Å². The van der Waals surface area contributed by atoms with E-state index in [2.05, 4.69) is 28.0 Å². The molecule has 0 atom stereocenters. The van der Waals surface area contributed by atoms with E-state index in [1.54, 1.807) is 12.3 Å². The molecule has 1 aromatic heterocycles. The maximum atomic E-state index is 6.05. The number of aliphatic imine (C=N–C) groups is 1. The van der Waals surface area contributed by atoms with Crippen LogP contribution < -0.4 is 4.90 Å². The van der Waals surface area contributed by atoms with Crippen LogP contribution in [0.15, 0.2) is 47.6 Å². The van der Waals surface area contributed by atoms with Gasteiger partial charge in [-0.05, 0) is 35.9 Å². The normalized spacial score (nSPS) is 14.7. The van der Waals surface area contributed by atoms with Crippen LogP contribution in [-0.4, -0.2) is 30.8 Å². The number of anilines is 1. The van der Waals surface area contributed by atoms with Gasteiger partial charge in [-0.3, -0.25) is 9.98 Å². The summed E-state index contributed by atoms with van der Waals surface area (Å²) >= 11 is 12.0. The average molecular weight is 332 g/mol. The van der Waals surface area contributed by atoms with Crippen molar-refractivity contribution in [1.82, 2.24) is 4.98 Å². The number of hydrogen-bond acceptors (Lipinski definition) is 3. The summed E-state index contributed by atoms with van der Waals surface area (Å²) < 4.78 is 0. The fraction of sp³-hybridized carbons (Fsp3) is 0.176. The van der Waals surface area contributed by atoms with Gasteiger partial charge >= 0.3 is 0 Å². The lowest BCUT2D eigenvalue weighted by Gasteiger charge is -2.17. The first-order valence-corrected chi connectivity index (χ1v) is 7.75. The number of nitrogens with zero attached hydrogens (tertiary/aromatic N) is 3. The molecule has 1 aliphatic rings. The number of fused-ring (bicyclic) bond motifs is 1. The van der Waals surface area contributed by atoms with Gasteiger partial charge in [0.1, 0.15) is 5.69 Å². The van der Waals surface area contributed by atoms with Gasteiger partial charge in [0, 0.05) is 19.8 Å². The molecule has 2 heterocycles. The molecule has 112 valence electrons. The molecule has 1 aromatic carbocycles. The molecule has 3 nitrogen and oxygen atoms in total. The molecule has 1 aliphatic heterocycles. The number of aromatic nitrogens is 1. The maximum absolute atomic E-state index is 6.05. The van der Waals surface area contributed by atoms with E-state index in [4.69, 9.17) is 23.2 Å². The Labute approximate surface area is 139 Å². The van der Waals surface area contributed by atoms with Crippen LogP contribution in [0.2, 0.25) is 10.0 Å². The van der Waals surface area contributed by atoms with Crippen molar-refractivity contribution in [1.29, 1.82) is 0 Å². The first kappa shape index (κ1) is 15.1. The van der Waals surface area contributed by atoms with Crippen LogP contribution >= 0.6 is 23.2 Å². The molecule has 0 N–H and O–H groups in total. The highest BCUT2D eigenvalue weighted by Crippen LogP contribution is 2.24. The van der Waals surface area contributed by atoms with Gasteiger partial charge < -0.3 is 4.90 Å². The van der Waals surface area contributed by atoms with Gasteiger partial charge in [-0.1, -0.05) is 35.3 Å². The third-order valence-electron chi connectivity index (χ3n) is 3.54. The van der Waals surface area contributed by atoms with Crippen molar-refractivity contribution in [2.45, 2.75) is 0 Å². The van der Waals surface area contributed by atoms with E-state index >= 15 is 0 Å². The third kappa shape index (κ3) is 3.16. The summed E-state index contributed by atoms with van der Waals surface area (Å²) in [6, 6.07) is 9.56. The Kier molecular flexibility index (Phi) is 4.46. The van der Waals surface area contributed by atoms with Crippen LogP contribution in [0.3, 0.4) is 0 Å². The molecule has 3 rings (SSSR count). The smallest absolute Gasteiger partial charge is 0.111 e. The Bertz CT molecular complexity index is 753. The van der Waals surface area contributed by atoms with E-state index in [0.717, 1.165) is 35.7 Å². The number of pyridine rings is 1. The molecule has 0 saturated heterocycles. The molecule has 0 aliphatic carbocycles. The number of allylic oxidation sites excluding steroid dienone is 1. The maximum Gasteiger partial charge on any atom is 0.111 e. The second-order valence-corrected chi connectivity index (χ2v) is 5.88. The first-order valence-electron chi connectivity index (χ1n) is 6.99. The second kappa shape index (κ2) is 6.51. The highest BCUT2D eigenvalue weighted by atomic mass is 35.5. The highest BCUT2D eigenvalue weighted by molar-refractivity contribution is 6.42. The van der Waals surface area contributed by atoms with Crippen LogP contribution in [0.1, 0.15) is 11.3 Å². The number of halogens is 2. The highest BCUT2D eigenvalue weighted by Gasteiger charge is 2.15. The lowest BCUT2D eigenvalue weighted by atomic mass is 10.1. The molecule has 5 heteroatoms. The van der Waals surface area contributed by atoms with Gasteiger partial charge in [-0.2, -0.15) is 0 Å². The molecule has 0 unspecified atom stereocenters. The number of benzene rings is 1. The SMILES string of the molecule is CN1CCN=C(/C=C/c2ccc(Cl)c(Cl)c2)c2ncccc21. The van der Waals surface area contributed by atoms with Gasteiger partial charge in [0.15, 0.2) is 0 Å². The summed E-state index contributed by atoms with van der Waals surface area (Å²) in [4.78, 5) is 11.3. The van der Waals surface area contributed by atoms with Crippen molar-refractivity contribution < 1.29 is 0 Å². The lowest BCUT2D eigenvalue weighted by molar-refractivity contribution is 0.895. The summed E-state index contributed by atoms with van der Waals surface area (Å²) in [5.41, 5.74) is 3.86. The second-order valence-electron chi connectivity index (χ2n) is 5.07. The van der Waals surface area contributed by atoms with Gasteiger partial charge in [-0.15, -0.1) is 0 Å². The largest absolute Gasteiger partial charge is 0.371 e. The molecule has 0 radical (unpaired) electrons. The predicted octanol–water partition coefficient (Wildman–Crippen LogP) is 4.34. The fourth-order valence-electron chi connectivity index (χ4n) is 2.34. The molecule has 0 saturated carbocycles. The standard InChI is InChI=1S/C17H15Cl2N3/c1-22-10-9-20-15(17-16(22)3-2-8-21-17)7-5-12-4-6-13(18)14(19)11-12/h2-8,11H,9-10H2,1H3/b7-5+. The zero-order chi connectivity index (χ0) is 15.5. The van der Waals surface area contributed by atoms with Crippen molar-refractivity contribution in [3.63, 3.8) is 0 Å². The minimum atomic E-state index is 0.546. The predicted molar refractivity (Wildman–Crippen MR) is 94.4 cm³/mol. The average Bonchev–Trinajstić information content (AvgIpc) is 2.68. The minimum absolute atomic E-state index is 0.546. The van der Waals surface area contributed by atoms with Gasteiger partial charge in [0.05, 0.1) is 28.0 Å². The van der Waals surface area contributed by atoms with Crippen LogP contribution in [0.5, 0.6) is 0 Å². The summed E-state index contributed by atoms with van der Waals surface area (Å²) in [5, 5.41) is 1.10. The fourth-order valence-corrected chi connectivity index (χ4v) is 2.65.